The number of Topliss-reactive ketones (excluding diaryl/α,β-unsaturated/α-hetero) is 1. The SMILES string of the molecule is Cc1cccc(NC(=O)CSc2nnc(N3C(N)=C(C#N)C(c4ccccc4Br)C4=C3CCCC4=O)s2)c1. The highest BCUT2D eigenvalue weighted by atomic mass is 79.9. The summed E-state index contributed by atoms with van der Waals surface area (Å²) in [5.41, 5.74) is 10.9. The molecule has 1 atom stereocenters. The van der Waals surface area contributed by atoms with Crippen LogP contribution in [0.2, 0.25) is 0 Å². The molecule has 0 spiro atoms. The fraction of sp³-hybridized carbons (Fsp3) is 0.222. The predicted octanol–water partition coefficient (Wildman–Crippen LogP) is 5.64. The Balaban J connectivity index is 1.43. The first-order valence-electron chi connectivity index (χ1n) is 11.9. The molecular formula is C27H23BrN6O2S2. The number of thioether (sulfide) groups is 1. The van der Waals surface area contributed by atoms with E-state index < -0.39 is 5.92 Å². The van der Waals surface area contributed by atoms with Crippen molar-refractivity contribution >= 4 is 61.5 Å². The summed E-state index contributed by atoms with van der Waals surface area (Å²) >= 11 is 6.13. The van der Waals surface area contributed by atoms with Crippen molar-refractivity contribution in [3.05, 3.63) is 86.8 Å². The van der Waals surface area contributed by atoms with Crippen LogP contribution in [-0.2, 0) is 9.59 Å². The molecule has 3 aromatic rings. The normalized spacial score (nSPS) is 17.3. The lowest BCUT2D eigenvalue weighted by atomic mass is 9.76. The molecule has 1 unspecified atom stereocenters. The number of nitrogens with one attached hydrogen (secondary N) is 1. The molecule has 2 aromatic carbocycles. The van der Waals surface area contributed by atoms with Crippen molar-refractivity contribution in [2.75, 3.05) is 16.0 Å². The van der Waals surface area contributed by atoms with Crippen LogP contribution in [0.1, 0.15) is 36.3 Å². The third kappa shape index (κ3) is 5.12. The maximum absolute atomic E-state index is 13.3. The van der Waals surface area contributed by atoms with Crippen LogP contribution in [-0.4, -0.2) is 27.6 Å². The van der Waals surface area contributed by atoms with Gasteiger partial charge in [0.15, 0.2) is 10.1 Å². The minimum atomic E-state index is -0.554. The van der Waals surface area contributed by atoms with Crippen LogP contribution in [0, 0.1) is 18.3 Å². The van der Waals surface area contributed by atoms with E-state index in [4.69, 9.17) is 5.73 Å². The van der Waals surface area contributed by atoms with Gasteiger partial charge < -0.3 is 11.1 Å². The number of nitriles is 1. The third-order valence-electron chi connectivity index (χ3n) is 6.35. The Hall–Kier alpha value is -3.46. The summed E-state index contributed by atoms with van der Waals surface area (Å²) in [5, 5.41) is 22.1. The van der Waals surface area contributed by atoms with Gasteiger partial charge in [0.05, 0.1) is 23.3 Å². The lowest BCUT2D eigenvalue weighted by Gasteiger charge is -2.38. The van der Waals surface area contributed by atoms with E-state index in [0.29, 0.717) is 39.9 Å². The fourth-order valence-electron chi connectivity index (χ4n) is 4.72. The van der Waals surface area contributed by atoms with Crippen LogP contribution >= 0.6 is 39.0 Å². The number of amides is 1. The molecule has 1 aliphatic heterocycles. The summed E-state index contributed by atoms with van der Waals surface area (Å²) in [5.74, 6) is -0.299. The second-order valence-corrected chi connectivity index (χ2v) is 11.9. The number of ketones is 1. The van der Waals surface area contributed by atoms with Crippen LogP contribution in [0.3, 0.4) is 0 Å². The van der Waals surface area contributed by atoms with E-state index in [1.54, 1.807) is 4.90 Å². The van der Waals surface area contributed by atoms with E-state index in [1.165, 1.54) is 23.1 Å². The highest BCUT2D eigenvalue weighted by Gasteiger charge is 2.41. The van der Waals surface area contributed by atoms with Crippen LogP contribution < -0.4 is 16.0 Å². The van der Waals surface area contributed by atoms with E-state index in [-0.39, 0.29) is 23.3 Å². The zero-order valence-electron chi connectivity index (χ0n) is 20.4. The lowest BCUT2D eigenvalue weighted by Crippen LogP contribution is -2.38. The summed E-state index contributed by atoms with van der Waals surface area (Å²) in [4.78, 5) is 27.4. The van der Waals surface area contributed by atoms with Gasteiger partial charge in [0.1, 0.15) is 5.82 Å². The first-order chi connectivity index (χ1) is 18.4. The Labute approximate surface area is 236 Å². The van der Waals surface area contributed by atoms with Crippen molar-refractivity contribution in [1.82, 2.24) is 10.2 Å². The van der Waals surface area contributed by atoms with E-state index in [0.717, 1.165) is 27.0 Å². The van der Waals surface area contributed by atoms with E-state index in [1.807, 2.05) is 55.5 Å². The van der Waals surface area contributed by atoms with Gasteiger partial charge in [0, 0.05) is 27.9 Å². The summed E-state index contributed by atoms with van der Waals surface area (Å²) in [6, 6.07) is 17.4. The molecule has 38 heavy (non-hydrogen) atoms. The molecule has 2 heterocycles. The van der Waals surface area contributed by atoms with Gasteiger partial charge in [0.2, 0.25) is 11.0 Å². The van der Waals surface area contributed by atoms with Crippen molar-refractivity contribution in [2.24, 2.45) is 5.73 Å². The molecule has 0 saturated carbocycles. The minimum absolute atomic E-state index is 0.00388. The third-order valence-corrected chi connectivity index (χ3v) is 9.11. The predicted molar refractivity (Wildman–Crippen MR) is 153 cm³/mol. The van der Waals surface area contributed by atoms with Crippen LogP contribution in [0.15, 0.2) is 80.0 Å². The molecule has 11 heteroatoms. The number of aryl methyl sites for hydroxylation is 1. The Kier molecular flexibility index (Phi) is 7.65. The summed E-state index contributed by atoms with van der Waals surface area (Å²) < 4.78 is 1.39. The van der Waals surface area contributed by atoms with E-state index >= 15 is 0 Å². The number of benzene rings is 2. The van der Waals surface area contributed by atoms with Gasteiger partial charge in [-0.25, -0.2) is 0 Å². The molecule has 0 saturated heterocycles. The zero-order valence-corrected chi connectivity index (χ0v) is 23.6. The molecule has 0 fully saturated rings. The molecule has 8 nitrogen and oxygen atoms in total. The Bertz CT molecular complexity index is 1540. The molecule has 0 bridgehead atoms. The average Bonchev–Trinajstić information content (AvgIpc) is 3.36. The monoisotopic (exact) mass is 606 g/mol. The van der Waals surface area contributed by atoms with Gasteiger partial charge in [-0.3, -0.25) is 14.5 Å². The van der Waals surface area contributed by atoms with Gasteiger partial charge >= 0.3 is 0 Å². The second-order valence-electron chi connectivity index (χ2n) is 8.89. The number of halogens is 1. The largest absolute Gasteiger partial charge is 0.384 e. The van der Waals surface area contributed by atoms with Crippen molar-refractivity contribution in [3.63, 3.8) is 0 Å². The van der Waals surface area contributed by atoms with E-state index in [2.05, 4.69) is 37.5 Å². The number of allylic oxidation sites excluding steroid dienone is 3. The number of hydrogen-bond donors (Lipinski definition) is 2. The summed E-state index contributed by atoms with van der Waals surface area (Å²) in [6.45, 7) is 1.97. The van der Waals surface area contributed by atoms with Crippen LogP contribution in [0.5, 0.6) is 0 Å². The number of anilines is 2. The Morgan fingerprint density at radius 3 is 2.84 bits per heavy atom. The molecule has 1 aliphatic carbocycles. The number of carbonyl (C=O) groups excluding carboxylic acids is 2. The Morgan fingerprint density at radius 1 is 1.26 bits per heavy atom. The number of nitrogens with zero attached hydrogens (tertiary/aromatic N) is 4. The van der Waals surface area contributed by atoms with Crippen molar-refractivity contribution in [3.8, 4) is 6.07 Å². The van der Waals surface area contributed by atoms with Crippen molar-refractivity contribution < 1.29 is 9.59 Å². The van der Waals surface area contributed by atoms with Gasteiger partial charge in [0.25, 0.3) is 0 Å². The second kappa shape index (κ2) is 11.1. The highest BCUT2D eigenvalue weighted by molar-refractivity contribution is 9.10. The maximum Gasteiger partial charge on any atom is 0.234 e. The molecule has 192 valence electrons. The number of rotatable bonds is 6. The first kappa shape index (κ1) is 26.2. The van der Waals surface area contributed by atoms with Gasteiger partial charge in [-0.1, -0.05) is 69.4 Å². The Morgan fingerprint density at radius 2 is 2.08 bits per heavy atom. The van der Waals surface area contributed by atoms with Crippen molar-refractivity contribution in [1.29, 1.82) is 5.26 Å². The highest BCUT2D eigenvalue weighted by Crippen LogP contribution is 2.48. The van der Waals surface area contributed by atoms with Gasteiger partial charge in [-0.05, 0) is 49.1 Å². The minimum Gasteiger partial charge on any atom is -0.384 e. The zero-order chi connectivity index (χ0) is 26.8. The topological polar surface area (TPSA) is 125 Å². The molecule has 3 N–H and O–H groups in total. The first-order valence-corrected chi connectivity index (χ1v) is 14.5. The quantitative estimate of drug-likeness (QED) is 0.345. The summed E-state index contributed by atoms with van der Waals surface area (Å²) in [7, 11) is 0. The number of nitrogens with two attached hydrogens (primary N) is 1. The molecule has 2 aliphatic rings. The van der Waals surface area contributed by atoms with Crippen LogP contribution in [0.4, 0.5) is 10.8 Å². The number of aromatic nitrogens is 2. The van der Waals surface area contributed by atoms with Gasteiger partial charge in [-0.15, -0.1) is 10.2 Å². The van der Waals surface area contributed by atoms with Crippen molar-refractivity contribution in [2.45, 2.75) is 36.4 Å². The lowest BCUT2D eigenvalue weighted by molar-refractivity contribution is -0.116. The van der Waals surface area contributed by atoms with Crippen LogP contribution in [0.25, 0.3) is 0 Å². The summed E-state index contributed by atoms with van der Waals surface area (Å²) in [6.07, 6.45) is 1.73. The molecule has 0 radical (unpaired) electrons. The van der Waals surface area contributed by atoms with E-state index in [9.17, 15) is 14.9 Å². The standard InChI is InChI=1S/C27H23BrN6O2S2/c1-15-6-4-7-16(12-15)31-22(36)14-37-27-33-32-26(38-27)34-20-10-5-11-21(35)24(20)23(18(13-29)25(34)30)17-8-2-3-9-19(17)28/h2-4,6-9,12,23H,5,10-11,14,30H2,1H3,(H,31,36). The molecular weight excluding hydrogens is 584 g/mol. The molecule has 1 aromatic heterocycles. The smallest absolute Gasteiger partial charge is 0.234 e. The molecule has 5 rings (SSSR count). The number of carbonyl (C=O) groups is 2. The molecule has 1 amide bonds. The maximum atomic E-state index is 13.3. The van der Waals surface area contributed by atoms with Gasteiger partial charge in [-0.2, -0.15) is 5.26 Å². The fourth-order valence-corrected chi connectivity index (χ4v) is 6.92. The number of hydrogen-bond acceptors (Lipinski definition) is 9. The average molecular weight is 608 g/mol.